The quantitative estimate of drug-likeness (QED) is 0.623. The van der Waals surface area contributed by atoms with E-state index in [0.717, 1.165) is 32.9 Å². The largest absolute Gasteiger partial charge is 0.493 e. The van der Waals surface area contributed by atoms with Crippen LogP contribution in [0.1, 0.15) is 53.1 Å². The molecule has 0 bridgehead atoms. The van der Waals surface area contributed by atoms with Crippen molar-refractivity contribution >= 4 is 27.5 Å². The van der Waals surface area contributed by atoms with Crippen molar-refractivity contribution in [1.82, 2.24) is 15.3 Å². The molecule has 1 N–H and O–H groups in total. The third-order valence-corrected chi connectivity index (χ3v) is 6.18. The number of carbonyl (C=O) groups is 1. The van der Waals surface area contributed by atoms with Gasteiger partial charge in [-0.15, -0.1) is 11.3 Å². The minimum absolute atomic E-state index is 0.0762. The molecule has 0 unspecified atom stereocenters. The average Bonchev–Trinajstić information content (AvgIpc) is 3.04. The van der Waals surface area contributed by atoms with E-state index in [-0.39, 0.29) is 11.3 Å². The molecule has 3 rings (SSSR count). The molecule has 0 aliphatic carbocycles. The van der Waals surface area contributed by atoms with Crippen LogP contribution in [0.2, 0.25) is 0 Å². The molecular weight excluding hydrogens is 398 g/mol. The van der Waals surface area contributed by atoms with E-state index >= 15 is 0 Å². The zero-order valence-electron chi connectivity index (χ0n) is 18.7. The Morgan fingerprint density at radius 3 is 2.43 bits per heavy atom. The number of ether oxygens (including phenoxy) is 2. The van der Waals surface area contributed by atoms with E-state index in [1.165, 1.54) is 11.3 Å². The lowest BCUT2D eigenvalue weighted by Gasteiger charge is -2.16. The number of methoxy groups -OCH3 is 2. The Kier molecular flexibility index (Phi) is 6.31. The zero-order valence-corrected chi connectivity index (χ0v) is 19.5. The second kappa shape index (κ2) is 8.60. The number of fused-ring (bicyclic) bond motifs is 1. The first-order valence-electron chi connectivity index (χ1n) is 9.93. The smallest absolute Gasteiger partial charge is 0.261 e. The number of hydrogen-bond donors (Lipinski definition) is 1. The molecule has 160 valence electrons. The molecule has 0 saturated heterocycles. The van der Waals surface area contributed by atoms with Crippen molar-refractivity contribution in [1.29, 1.82) is 0 Å². The lowest BCUT2D eigenvalue weighted by Crippen LogP contribution is -2.25. The van der Waals surface area contributed by atoms with Gasteiger partial charge in [0.1, 0.15) is 10.7 Å². The molecule has 0 fully saturated rings. The van der Waals surface area contributed by atoms with Crippen LogP contribution in [-0.2, 0) is 11.8 Å². The molecule has 30 heavy (non-hydrogen) atoms. The fourth-order valence-corrected chi connectivity index (χ4v) is 4.48. The minimum Gasteiger partial charge on any atom is -0.493 e. The van der Waals surface area contributed by atoms with Crippen LogP contribution in [0.15, 0.2) is 18.2 Å². The van der Waals surface area contributed by atoms with Gasteiger partial charge in [-0.25, -0.2) is 9.97 Å². The van der Waals surface area contributed by atoms with Crippen molar-refractivity contribution in [3.8, 4) is 11.5 Å². The highest BCUT2D eigenvalue weighted by Crippen LogP contribution is 2.33. The summed E-state index contributed by atoms with van der Waals surface area (Å²) in [6.45, 7) is 10.8. The van der Waals surface area contributed by atoms with Crippen molar-refractivity contribution in [3.05, 3.63) is 45.7 Å². The highest BCUT2D eigenvalue weighted by atomic mass is 32.1. The van der Waals surface area contributed by atoms with Gasteiger partial charge in [-0.05, 0) is 43.5 Å². The van der Waals surface area contributed by atoms with Crippen molar-refractivity contribution < 1.29 is 14.3 Å². The zero-order chi connectivity index (χ0) is 22.1. The van der Waals surface area contributed by atoms with Gasteiger partial charge >= 0.3 is 0 Å². The Morgan fingerprint density at radius 2 is 1.80 bits per heavy atom. The molecule has 1 amide bonds. The Bertz CT molecular complexity index is 1080. The van der Waals surface area contributed by atoms with Gasteiger partial charge in [0.15, 0.2) is 11.5 Å². The van der Waals surface area contributed by atoms with Gasteiger partial charge in [-0.1, -0.05) is 26.8 Å². The normalized spacial score (nSPS) is 11.6. The number of nitrogens with zero attached hydrogens (tertiary/aromatic N) is 2. The highest BCUT2D eigenvalue weighted by molar-refractivity contribution is 7.20. The number of rotatable bonds is 6. The van der Waals surface area contributed by atoms with Gasteiger partial charge in [0.05, 0.1) is 24.8 Å². The number of benzene rings is 1. The number of nitrogens with one attached hydrogen (secondary N) is 1. The molecule has 6 nitrogen and oxygen atoms in total. The Morgan fingerprint density at radius 1 is 1.10 bits per heavy atom. The molecule has 0 atom stereocenters. The Labute approximate surface area is 181 Å². The summed E-state index contributed by atoms with van der Waals surface area (Å²) in [6.07, 6.45) is 0.697. The molecule has 2 heterocycles. The summed E-state index contributed by atoms with van der Waals surface area (Å²) in [5.74, 6) is 2.10. The number of aryl methyl sites for hydroxylation is 2. The molecule has 3 aromatic rings. The van der Waals surface area contributed by atoms with E-state index < -0.39 is 0 Å². The van der Waals surface area contributed by atoms with E-state index in [9.17, 15) is 4.79 Å². The van der Waals surface area contributed by atoms with Gasteiger partial charge in [0, 0.05) is 17.3 Å². The van der Waals surface area contributed by atoms with E-state index in [4.69, 9.17) is 14.5 Å². The van der Waals surface area contributed by atoms with Crippen molar-refractivity contribution in [2.24, 2.45) is 0 Å². The highest BCUT2D eigenvalue weighted by Gasteiger charge is 2.23. The maximum atomic E-state index is 12.8. The Hall–Kier alpha value is -2.67. The SMILES string of the molecule is COc1ccc(CCNC(=O)c2sc3nc(C(C)(C)C)nc(C)c3c2C)cc1OC. The van der Waals surface area contributed by atoms with Gasteiger partial charge in [-0.3, -0.25) is 4.79 Å². The predicted molar refractivity (Wildman–Crippen MR) is 121 cm³/mol. The van der Waals surface area contributed by atoms with Crippen LogP contribution in [0.5, 0.6) is 11.5 Å². The summed E-state index contributed by atoms with van der Waals surface area (Å²) in [5, 5.41) is 4.02. The molecule has 7 heteroatoms. The fraction of sp³-hybridized carbons (Fsp3) is 0.435. The third kappa shape index (κ3) is 4.41. The number of thiophene rings is 1. The molecule has 0 saturated carbocycles. The van der Waals surface area contributed by atoms with Crippen LogP contribution in [0.3, 0.4) is 0 Å². The molecular formula is C23H29N3O3S. The van der Waals surface area contributed by atoms with Gasteiger partial charge in [0.2, 0.25) is 0 Å². The number of carbonyl (C=O) groups excluding carboxylic acids is 1. The topological polar surface area (TPSA) is 73.3 Å². The molecule has 0 aliphatic heterocycles. The standard InChI is InChI=1S/C23H29N3O3S/c1-13-18-14(2)25-22(23(3,4)5)26-21(18)30-19(13)20(27)24-11-10-15-8-9-16(28-6)17(12-15)29-7/h8-9,12H,10-11H2,1-7H3,(H,24,27). The fourth-order valence-electron chi connectivity index (χ4n) is 3.33. The summed E-state index contributed by atoms with van der Waals surface area (Å²) in [4.78, 5) is 23.8. The van der Waals surface area contributed by atoms with Crippen LogP contribution in [0.4, 0.5) is 0 Å². The lowest BCUT2D eigenvalue weighted by atomic mass is 9.95. The maximum Gasteiger partial charge on any atom is 0.261 e. The summed E-state index contributed by atoms with van der Waals surface area (Å²) in [7, 11) is 3.23. The van der Waals surface area contributed by atoms with Crippen LogP contribution < -0.4 is 14.8 Å². The lowest BCUT2D eigenvalue weighted by molar-refractivity contribution is 0.0957. The van der Waals surface area contributed by atoms with E-state index in [1.54, 1.807) is 14.2 Å². The van der Waals surface area contributed by atoms with Crippen LogP contribution >= 0.6 is 11.3 Å². The number of amides is 1. The monoisotopic (exact) mass is 427 g/mol. The van der Waals surface area contributed by atoms with Crippen molar-refractivity contribution in [2.75, 3.05) is 20.8 Å². The second-order valence-corrected chi connectivity index (χ2v) is 9.31. The number of hydrogen-bond acceptors (Lipinski definition) is 6. The van der Waals surface area contributed by atoms with Gasteiger partial charge in [-0.2, -0.15) is 0 Å². The van der Waals surface area contributed by atoms with E-state index in [2.05, 4.69) is 31.1 Å². The predicted octanol–water partition coefficient (Wildman–Crippen LogP) is 4.60. The van der Waals surface area contributed by atoms with Crippen LogP contribution in [0, 0.1) is 13.8 Å². The molecule has 1 aromatic carbocycles. The average molecular weight is 428 g/mol. The van der Waals surface area contributed by atoms with Crippen molar-refractivity contribution in [3.63, 3.8) is 0 Å². The maximum absolute atomic E-state index is 12.8. The second-order valence-electron chi connectivity index (χ2n) is 8.31. The number of aromatic nitrogens is 2. The summed E-state index contributed by atoms with van der Waals surface area (Å²) in [6, 6.07) is 5.79. The van der Waals surface area contributed by atoms with Crippen LogP contribution in [0.25, 0.3) is 10.2 Å². The third-order valence-electron chi connectivity index (χ3n) is 5.00. The van der Waals surface area contributed by atoms with Crippen molar-refractivity contribution in [2.45, 2.75) is 46.5 Å². The summed E-state index contributed by atoms with van der Waals surface area (Å²) >= 11 is 1.43. The molecule has 2 aromatic heterocycles. The van der Waals surface area contributed by atoms with Gasteiger partial charge < -0.3 is 14.8 Å². The van der Waals surface area contributed by atoms with Gasteiger partial charge in [0.25, 0.3) is 5.91 Å². The van der Waals surface area contributed by atoms with Crippen LogP contribution in [-0.4, -0.2) is 36.6 Å². The summed E-state index contributed by atoms with van der Waals surface area (Å²) < 4.78 is 10.6. The minimum atomic E-state index is -0.140. The molecule has 0 spiro atoms. The molecule has 0 radical (unpaired) electrons. The first kappa shape index (κ1) is 22.0. The van der Waals surface area contributed by atoms with E-state index in [1.807, 2.05) is 32.0 Å². The Balaban J connectivity index is 1.76. The first-order valence-corrected chi connectivity index (χ1v) is 10.7. The van der Waals surface area contributed by atoms with E-state index in [0.29, 0.717) is 29.3 Å². The molecule has 0 aliphatic rings. The summed E-state index contributed by atoms with van der Waals surface area (Å²) in [5.41, 5.74) is 2.79. The first-order chi connectivity index (χ1) is 14.2.